The highest BCUT2D eigenvalue weighted by Gasteiger charge is 2.46. The van der Waals surface area contributed by atoms with E-state index >= 15 is 0 Å². The molecule has 5 rings (SSSR count). The fourth-order valence-corrected chi connectivity index (χ4v) is 8.92. The van der Waals surface area contributed by atoms with Crippen LogP contribution in [-0.2, 0) is 53.3 Å². The first-order valence-electron chi connectivity index (χ1n) is 22.0. The number of imidazole rings is 1. The summed E-state index contributed by atoms with van der Waals surface area (Å²) >= 11 is 0. The van der Waals surface area contributed by atoms with Crippen LogP contribution in [-0.4, -0.2) is 99.1 Å². The number of aryl methyl sites for hydroxylation is 1. The predicted molar refractivity (Wildman–Crippen MR) is 225 cm³/mol. The molecule has 1 aromatic heterocycles. The summed E-state index contributed by atoms with van der Waals surface area (Å²) in [6, 6.07) is 5.50. The molecule has 3 aliphatic rings. The molecule has 1 aromatic carbocycles. The third-order valence-electron chi connectivity index (χ3n) is 12.2. The van der Waals surface area contributed by atoms with Gasteiger partial charge in [0.2, 0.25) is 23.6 Å². The minimum absolute atomic E-state index is 0.123. The van der Waals surface area contributed by atoms with Gasteiger partial charge in [-0.25, -0.2) is 14.6 Å². The van der Waals surface area contributed by atoms with E-state index in [9.17, 15) is 28.8 Å². The largest absolute Gasteiger partial charge is 0.467 e. The van der Waals surface area contributed by atoms with Crippen LogP contribution in [0.25, 0.3) is 0 Å². The Morgan fingerprint density at radius 3 is 2.12 bits per heavy atom. The second-order valence-corrected chi connectivity index (χ2v) is 18.0. The number of methoxy groups -OCH3 is 1. The monoisotopic (exact) mass is 834 g/mol. The van der Waals surface area contributed by atoms with Gasteiger partial charge in [-0.05, 0) is 64.4 Å². The quantitative estimate of drug-likeness (QED) is 0.183. The van der Waals surface area contributed by atoms with Crippen molar-refractivity contribution in [2.24, 2.45) is 13.0 Å². The molecule has 60 heavy (non-hydrogen) atoms. The SMILES string of the molecule is COC(=O)[C@H](Cc1ccccc1)NC(=O)[C@H](CC1CCCCC1)NC(=O)C1(NC(=O)[C@H]2CCCN2C(=O)[C@H](Cc2cncn2C)NC(=O)OC(C)(C)C)CCCCCCC1. The summed E-state index contributed by atoms with van der Waals surface area (Å²) in [5.41, 5.74) is -0.581. The van der Waals surface area contributed by atoms with E-state index < -0.39 is 71.0 Å². The van der Waals surface area contributed by atoms with E-state index in [1.165, 1.54) is 12.0 Å². The third kappa shape index (κ3) is 13.0. The van der Waals surface area contributed by atoms with Gasteiger partial charge < -0.3 is 40.2 Å². The molecule has 15 heteroatoms. The fraction of sp³-hybridized carbons (Fsp3) is 0.667. The number of ether oxygens (including phenoxy) is 2. The Kier molecular flexibility index (Phi) is 16.6. The Bertz CT molecular complexity index is 1760. The molecule has 2 aliphatic carbocycles. The normalized spacial score (nSPS) is 20.0. The molecule has 15 nitrogen and oxygen atoms in total. The predicted octanol–water partition coefficient (Wildman–Crippen LogP) is 4.80. The number of amides is 5. The molecule has 3 fully saturated rings. The minimum atomic E-state index is -1.34. The summed E-state index contributed by atoms with van der Waals surface area (Å²) in [7, 11) is 3.08. The first-order chi connectivity index (χ1) is 28.7. The van der Waals surface area contributed by atoms with E-state index in [1.54, 1.807) is 44.9 Å². The van der Waals surface area contributed by atoms with Crippen molar-refractivity contribution in [2.75, 3.05) is 13.7 Å². The first kappa shape index (κ1) is 46.1. The number of hydrogen-bond donors (Lipinski definition) is 4. The number of benzene rings is 1. The van der Waals surface area contributed by atoms with Gasteiger partial charge in [0.15, 0.2) is 0 Å². The number of carbonyl (C=O) groups is 6. The maximum absolute atomic E-state index is 14.9. The average molecular weight is 834 g/mol. The van der Waals surface area contributed by atoms with Crippen LogP contribution in [0, 0.1) is 5.92 Å². The molecule has 0 unspecified atom stereocenters. The summed E-state index contributed by atoms with van der Waals surface area (Å²) < 4.78 is 12.4. The Labute approximate surface area is 354 Å². The van der Waals surface area contributed by atoms with Gasteiger partial charge in [0.1, 0.15) is 35.3 Å². The fourth-order valence-electron chi connectivity index (χ4n) is 8.92. The van der Waals surface area contributed by atoms with Crippen molar-refractivity contribution in [1.29, 1.82) is 0 Å². The first-order valence-corrected chi connectivity index (χ1v) is 22.0. The van der Waals surface area contributed by atoms with Crippen molar-refractivity contribution in [3.8, 4) is 0 Å². The standard InChI is InChI=1S/C45H67N7O8/c1-44(2,3)60-43(58)49-35(28-33-29-46-30-51(33)4)40(55)52-25-17-22-37(52)39(54)50-45(23-15-7-6-8-16-24-45)42(57)48-34(26-31-18-11-9-12-19-31)38(53)47-36(41(56)59-5)27-32-20-13-10-14-21-32/h10,13-14,20-21,29-31,34-37H,6-9,11-12,15-19,22-28H2,1-5H3,(H,47,53)(H,48,57)(H,49,58)(H,50,54)/t34-,35-,36-,37+/m0/s1. The van der Waals surface area contributed by atoms with E-state index in [-0.39, 0.29) is 18.8 Å². The lowest BCUT2D eigenvalue weighted by Crippen LogP contribution is -2.65. The number of hydrogen-bond acceptors (Lipinski definition) is 9. The van der Waals surface area contributed by atoms with Crippen LogP contribution in [0.15, 0.2) is 42.9 Å². The van der Waals surface area contributed by atoms with Crippen LogP contribution in [0.3, 0.4) is 0 Å². The highest BCUT2D eigenvalue weighted by molar-refractivity contribution is 5.98. The maximum atomic E-state index is 14.9. The number of carbonyl (C=O) groups excluding carboxylic acids is 6. The summed E-state index contributed by atoms with van der Waals surface area (Å²) in [6.07, 6.45) is 14.1. The number of nitrogens with zero attached hydrogens (tertiary/aromatic N) is 3. The van der Waals surface area contributed by atoms with Gasteiger partial charge in [0.25, 0.3) is 0 Å². The number of rotatable bonds is 15. The second kappa shape index (κ2) is 21.5. The molecule has 2 aromatic rings. The zero-order valence-electron chi connectivity index (χ0n) is 36.3. The summed E-state index contributed by atoms with van der Waals surface area (Å²) in [5.74, 6) is -2.18. The maximum Gasteiger partial charge on any atom is 0.408 e. The van der Waals surface area contributed by atoms with Crippen molar-refractivity contribution in [3.63, 3.8) is 0 Å². The van der Waals surface area contributed by atoms with Crippen molar-refractivity contribution in [2.45, 2.75) is 165 Å². The van der Waals surface area contributed by atoms with Crippen LogP contribution < -0.4 is 21.3 Å². The Morgan fingerprint density at radius 2 is 1.48 bits per heavy atom. The number of likely N-dealkylation sites (tertiary alicyclic amines) is 1. The highest BCUT2D eigenvalue weighted by Crippen LogP contribution is 2.31. The van der Waals surface area contributed by atoms with Crippen molar-refractivity contribution in [1.82, 2.24) is 35.7 Å². The van der Waals surface area contributed by atoms with Crippen molar-refractivity contribution < 1.29 is 38.2 Å². The molecule has 330 valence electrons. The van der Waals surface area contributed by atoms with Crippen LogP contribution in [0.1, 0.15) is 128 Å². The van der Waals surface area contributed by atoms with Crippen molar-refractivity contribution >= 4 is 35.7 Å². The molecular formula is C45H67N7O8. The number of alkyl carbamates (subject to hydrolysis) is 1. The molecular weight excluding hydrogens is 767 g/mol. The van der Waals surface area contributed by atoms with E-state index in [2.05, 4.69) is 26.3 Å². The number of aromatic nitrogens is 2. The number of esters is 1. The number of nitrogens with one attached hydrogen (secondary N) is 4. The van der Waals surface area contributed by atoms with E-state index in [4.69, 9.17) is 9.47 Å². The lowest BCUT2D eigenvalue weighted by molar-refractivity contribution is -0.145. The molecule has 4 N–H and O–H groups in total. The smallest absolute Gasteiger partial charge is 0.408 e. The molecule has 0 bridgehead atoms. The molecule has 4 atom stereocenters. The lowest BCUT2D eigenvalue weighted by atomic mass is 9.81. The summed E-state index contributed by atoms with van der Waals surface area (Å²) in [6.45, 7) is 5.51. The Morgan fingerprint density at radius 1 is 0.817 bits per heavy atom. The zero-order valence-corrected chi connectivity index (χ0v) is 36.3. The topological polar surface area (TPSA) is 190 Å². The van der Waals surface area contributed by atoms with Gasteiger partial charge in [0.05, 0.1) is 13.4 Å². The molecule has 2 heterocycles. The zero-order chi connectivity index (χ0) is 43.3. The highest BCUT2D eigenvalue weighted by atomic mass is 16.6. The van der Waals surface area contributed by atoms with Gasteiger partial charge in [-0.1, -0.05) is 94.5 Å². The van der Waals surface area contributed by atoms with Crippen LogP contribution >= 0.6 is 0 Å². The van der Waals surface area contributed by atoms with Crippen LogP contribution in [0.4, 0.5) is 4.79 Å². The molecule has 0 spiro atoms. The third-order valence-corrected chi connectivity index (χ3v) is 12.2. The Hall–Kier alpha value is -4.95. The lowest BCUT2D eigenvalue weighted by Gasteiger charge is -2.38. The second-order valence-electron chi connectivity index (χ2n) is 18.0. The van der Waals surface area contributed by atoms with Gasteiger partial charge in [-0.2, -0.15) is 0 Å². The minimum Gasteiger partial charge on any atom is -0.467 e. The summed E-state index contributed by atoms with van der Waals surface area (Å²) in [4.78, 5) is 89.8. The van der Waals surface area contributed by atoms with Crippen LogP contribution in [0.2, 0.25) is 0 Å². The van der Waals surface area contributed by atoms with Gasteiger partial charge >= 0.3 is 12.1 Å². The Balaban J connectivity index is 1.38. The summed E-state index contributed by atoms with van der Waals surface area (Å²) in [5, 5.41) is 11.9. The van der Waals surface area contributed by atoms with Gasteiger partial charge in [-0.15, -0.1) is 0 Å². The van der Waals surface area contributed by atoms with Crippen molar-refractivity contribution in [3.05, 3.63) is 54.1 Å². The van der Waals surface area contributed by atoms with Gasteiger partial charge in [-0.3, -0.25) is 19.2 Å². The van der Waals surface area contributed by atoms with E-state index in [1.807, 2.05) is 30.3 Å². The van der Waals surface area contributed by atoms with E-state index in [0.29, 0.717) is 57.2 Å². The molecule has 2 saturated carbocycles. The van der Waals surface area contributed by atoms with E-state index in [0.717, 1.165) is 56.9 Å². The average Bonchev–Trinajstić information content (AvgIpc) is 3.86. The molecule has 5 amide bonds. The molecule has 1 aliphatic heterocycles. The van der Waals surface area contributed by atoms with Gasteiger partial charge in [0, 0.05) is 38.3 Å². The molecule has 0 radical (unpaired) electrons. The molecule has 1 saturated heterocycles. The van der Waals surface area contributed by atoms with Crippen LogP contribution in [0.5, 0.6) is 0 Å².